The van der Waals surface area contributed by atoms with Gasteiger partial charge in [-0.2, -0.15) is 0 Å². The minimum absolute atomic E-state index is 0.185. The van der Waals surface area contributed by atoms with E-state index in [1.165, 1.54) is 11.1 Å². The van der Waals surface area contributed by atoms with Gasteiger partial charge < -0.3 is 4.74 Å². The van der Waals surface area contributed by atoms with Gasteiger partial charge in [-0.25, -0.2) is 0 Å². The molecule has 17 heavy (non-hydrogen) atoms. The zero-order valence-electron chi connectivity index (χ0n) is 10.2. The molecule has 1 aliphatic rings. The SMILES string of the molecule is C=C/C=C1/CC[C@@H](c2ccccc2)O/C1=C/C. The van der Waals surface area contributed by atoms with Crippen molar-refractivity contribution in [1.82, 2.24) is 0 Å². The molecule has 1 saturated heterocycles. The summed E-state index contributed by atoms with van der Waals surface area (Å²) in [6, 6.07) is 10.4. The Kier molecular flexibility index (Phi) is 3.81. The Bertz CT molecular complexity index is 440. The highest BCUT2D eigenvalue weighted by Gasteiger charge is 2.22. The lowest BCUT2D eigenvalue weighted by Crippen LogP contribution is -2.12. The molecule has 1 aromatic rings. The second-order valence-electron chi connectivity index (χ2n) is 4.14. The van der Waals surface area contributed by atoms with Crippen molar-refractivity contribution in [2.75, 3.05) is 0 Å². The van der Waals surface area contributed by atoms with Gasteiger partial charge >= 0.3 is 0 Å². The summed E-state index contributed by atoms with van der Waals surface area (Å²) >= 11 is 0. The van der Waals surface area contributed by atoms with E-state index in [1.807, 2.05) is 31.2 Å². The third-order valence-corrected chi connectivity index (χ3v) is 3.01. The van der Waals surface area contributed by atoms with Gasteiger partial charge in [0, 0.05) is 0 Å². The summed E-state index contributed by atoms with van der Waals surface area (Å²) in [4.78, 5) is 0. The molecular formula is C16H18O. The maximum Gasteiger partial charge on any atom is 0.124 e. The lowest BCUT2D eigenvalue weighted by Gasteiger charge is -2.28. The maximum atomic E-state index is 6.03. The maximum absolute atomic E-state index is 6.03. The predicted molar refractivity (Wildman–Crippen MR) is 71.5 cm³/mol. The molecule has 0 saturated carbocycles. The van der Waals surface area contributed by atoms with Gasteiger partial charge in [0.1, 0.15) is 11.9 Å². The molecule has 1 heterocycles. The number of benzene rings is 1. The third kappa shape index (κ3) is 2.68. The smallest absolute Gasteiger partial charge is 0.124 e. The molecule has 1 nitrogen and oxygen atoms in total. The van der Waals surface area contributed by atoms with Gasteiger partial charge in [0.15, 0.2) is 0 Å². The minimum Gasteiger partial charge on any atom is -0.486 e. The van der Waals surface area contributed by atoms with Crippen LogP contribution in [0.4, 0.5) is 0 Å². The van der Waals surface area contributed by atoms with E-state index < -0.39 is 0 Å². The van der Waals surface area contributed by atoms with Crippen LogP contribution in [0.25, 0.3) is 0 Å². The fraction of sp³-hybridized carbons (Fsp3) is 0.250. The Hall–Kier alpha value is -1.76. The van der Waals surface area contributed by atoms with Crippen molar-refractivity contribution < 1.29 is 4.74 Å². The van der Waals surface area contributed by atoms with E-state index >= 15 is 0 Å². The monoisotopic (exact) mass is 226 g/mol. The van der Waals surface area contributed by atoms with Gasteiger partial charge in [-0.3, -0.25) is 0 Å². The third-order valence-electron chi connectivity index (χ3n) is 3.01. The van der Waals surface area contributed by atoms with Crippen LogP contribution in [0, 0.1) is 0 Å². The number of hydrogen-bond donors (Lipinski definition) is 0. The second-order valence-corrected chi connectivity index (χ2v) is 4.14. The van der Waals surface area contributed by atoms with Crippen LogP contribution in [0.5, 0.6) is 0 Å². The average Bonchev–Trinajstić information content (AvgIpc) is 2.40. The molecule has 0 spiro atoms. The van der Waals surface area contributed by atoms with Crippen molar-refractivity contribution in [1.29, 1.82) is 0 Å². The van der Waals surface area contributed by atoms with Crippen molar-refractivity contribution in [2.45, 2.75) is 25.9 Å². The van der Waals surface area contributed by atoms with E-state index in [9.17, 15) is 0 Å². The Morgan fingerprint density at radius 1 is 1.29 bits per heavy atom. The number of allylic oxidation sites excluding steroid dienone is 4. The first kappa shape index (κ1) is 11.7. The molecule has 1 fully saturated rings. The van der Waals surface area contributed by atoms with Crippen LogP contribution in [0.3, 0.4) is 0 Å². The van der Waals surface area contributed by atoms with E-state index in [1.54, 1.807) is 0 Å². The zero-order chi connectivity index (χ0) is 12.1. The van der Waals surface area contributed by atoms with Crippen molar-refractivity contribution in [2.24, 2.45) is 0 Å². The number of hydrogen-bond acceptors (Lipinski definition) is 1. The number of rotatable bonds is 2. The van der Waals surface area contributed by atoms with Crippen LogP contribution < -0.4 is 0 Å². The van der Waals surface area contributed by atoms with Gasteiger partial charge in [0.05, 0.1) is 0 Å². The summed E-state index contributed by atoms with van der Waals surface area (Å²) in [5.41, 5.74) is 2.50. The molecular weight excluding hydrogens is 208 g/mol. The molecule has 1 aliphatic heterocycles. The van der Waals surface area contributed by atoms with E-state index in [-0.39, 0.29) is 6.10 Å². The van der Waals surface area contributed by atoms with Crippen molar-refractivity contribution >= 4 is 0 Å². The lowest BCUT2D eigenvalue weighted by atomic mass is 9.96. The fourth-order valence-corrected chi connectivity index (χ4v) is 2.16. The van der Waals surface area contributed by atoms with Crippen LogP contribution >= 0.6 is 0 Å². The molecule has 0 radical (unpaired) electrons. The topological polar surface area (TPSA) is 9.23 Å². The molecule has 1 aromatic carbocycles. The molecule has 0 aromatic heterocycles. The van der Waals surface area contributed by atoms with Crippen molar-refractivity contribution in [3.63, 3.8) is 0 Å². The van der Waals surface area contributed by atoms with E-state index in [4.69, 9.17) is 4.74 Å². The Morgan fingerprint density at radius 2 is 2.06 bits per heavy atom. The summed E-state index contributed by atoms with van der Waals surface area (Å²) in [7, 11) is 0. The highest BCUT2D eigenvalue weighted by atomic mass is 16.5. The van der Waals surface area contributed by atoms with Crippen LogP contribution in [0.2, 0.25) is 0 Å². The van der Waals surface area contributed by atoms with Gasteiger partial charge in [-0.05, 0) is 37.0 Å². The second kappa shape index (κ2) is 5.53. The molecule has 0 unspecified atom stereocenters. The lowest BCUT2D eigenvalue weighted by molar-refractivity contribution is 0.0949. The minimum atomic E-state index is 0.185. The van der Waals surface area contributed by atoms with Crippen LogP contribution in [-0.4, -0.2) is 0 Å². The first-order chi connectivity index (χ1) is 8.35. The van der Waals surface area contributed by atoms with Gasteiger partial charge in [0.2, 0.25) is 0 Å². The van der Waals surface area contributed by atoms with Gasteiger partial charge in [-0.1, -0.05) is 49.1 Å². The summed E-state index contributed by atoms with van der Waals surface area (Å²) in [5.74, 6) is 0.991. The summed E-state index contributed by atoms with van der Waals surface area (Å²) in [6.45, 7) is 5.76. The molecule has 0 aliphatic carbocycles. The molecule has 88 valence electrons. The number of ether oxygens (including phenoxy) is 1. The van der Waals surface area contributed by atoms with E-state index in [2.05, 4.69) is 30.8 Å². The predicted octanol–water partition coefficient (Wildman–Crippen LogP) is 4.55. The van der Waals surface area contributed by atoms with E-state index in [0.717, 1.165) is 18.6 Å². The fourth-order valence-electron chi connectivity index (χ4n) is 2.16. The summed E-state index contributed by atoms with van der Waals surface area (Å²) in [5, 5.41) is 0. The highest BCUT2D eigenvalue weighted by molar-refractivity contribution is 5.32. The van der Waals surface area contributed by atoms with Crippen molar-refractivity contribution in [3.8, 4) is 0 Å². The van der Waals surface area contributed by atoms with Crippen LogP contribution in [-0.2, 0) is 4.74 Å². The summed E-state index contributed by atoms with van der Waals surface area (Å²) < 4.78 is 6.03. The summed E-state index contributed by atoms with van der Waals surface area (Å²) in [6.07, 6.45) is 8.16. The molecule has 1 heteroatoms. The standard InChI is InChI=1S/C16H18O/c1-3-8-13-11-12-16(17-15(13)4-2)14-9-6-5-7-10-14/h3-10,16H,1,11-12H2,2H3/b13-8-,15-4+/t16-/m0/s1. The zero-order valence-corrected chi connectivity index (χ0v) is 10.2. The van der Waals surface area contributed by atoms with Gasteiger partial charge in [0.25, 0.3) is 0 Å². The van der Waals surface area contributed by atoms with Crippen LogP contribution in [0.15, 0.2) is 66.5 Å². The quantitative estimate of drug-likeness (QED) is 0.718. The largest absolute Gasteiger partial charge is 0.486 e. The molecule has 0 amide bonds. The van der Waals surface area contributed by atoms with Gasteiger partial charge in [-0.15, -0.1) is 0 Å². The molecule has 0 bridgehead atoms. The Balaban J connectivity index is 2.17. The first-order valence-electron chi connectivity index (χ1n) is 6.05. The Morgan fingerprint density at radius 3 is 2.71 bits per heavy atom. The average molecular weight is 226 g/mol. The first-order valence-corrected chi connectivity index (χ1v) is 6.05. The molecule has 0 N–H and O–H groups in total. The highest BCUT2D eigenvalue weighted by Crippen LogP contribution is 2.36. The van der Waals surface area contributed by atoms with E-state index in [0.29, 0.717) is 0 Å². The van der Waals surface area contributed by atoms with Crippen LogP contribution in [0.1, 0.15) is 31.4 Å². The Labute approximate surface area is 103 Å². The van der Waals surface area contributed by atoms with Crippen molar-refractivity contribution in [3.05, 3.63) is 72.0 Å². The normalized spacial score (nSPS) is 24.6. The molecule has 1 atom stereocenters. The molecule has 2 rings (SSSR count).